The number of anilines is 1. The SMILES string of the molecule is CNC(C)c1sc(N(C)C(C)CSC)nc1C. The van der Waals surface area contributed by atoms with Gasteiger partial charge in [-0.2, -0.15) is 11.8 Å². The van der Waals surface area contributed by atoms with Gasteiger partial charge in [-0.25, -0.2) is 4.98 Å². The molecule has 0 bridgehead atoms. The molecule has 1 aromatic rings. The zero-order chi connectivity index (χ0) is 13.0. The van der Waals surface area contributed by atoms with Crippen LogP contribution in [-0.4, -0.2) is 37.1 Å². The molecule has 5 heteroatoms. The van der Waals surface area contributed by atoms with Gasteiger partial charge in [0.25, 0.3) is 0 Å². The van der Waals surface area contributed by atoms with Crippen LogP contribution in [0.2, 0.25) is 0 Å². The highest BCUT2D eigenvalue weighted by Gasteiger charge is 2.17. The molecule has 0 aromatic carbocycles. The Labute approximate surface area is 113 Å². The number of hydrogen-bond acceptors (Lipinski definition) is 5. The van der Waals surface area contributed by atoms with Crippen molar-refractivity contribution in [3.63, 3.8) is 0 Å². The number of hydrogen-bond donors (Lipinski definition) is 1. The van der Waals surface area contributed by atoms with E-state index in [0.717, 1.165) is 16.6 Å². The Morgan fingerprint density at radius 2 is 2.12 bits per heavy atom. The van der Waals surface area contributed by atoms with E-state index in [-0.39, 0.29) is 0 Å². The van der Waals surface area contributed by atoms with E-state index in [2.05, 4.69) is 49.3 Å². The molecule has 0 fully saturated rings. The van der Waals surface area contributed by atoms with Crippen LogP contribution in [0.5, 0.6) is 0 Å². The number of nitrogens with zero attached hydrogens (tertiary/aromatic N) is 2. The Balaban J connectivity index is 2.85. The summed E-state index contributed by atoms with van der Waals surface area (Å²) < 4.78 is 0. The molecule has 2 unspecified atom stereocenters. The minimum Gasteiger partial charge on any atom is -0.348 e. The molecule has 3 nitrogen and oxygen atoms in total. The minimum atomic E-state index is 0.380. The highest BCUT2D eigenvalue weighted by atomic mass is 32.2. The molecule has 1 aromatic heterocycles. The fraction of sp³-hybridized carbons (Fsp3) is 0.750. The Morgan fingerprint density at radius 3 is 2.65 bits per heavy atom. The van der Waals surface area contributed by atoms with Gasteiger partial charge >= 0.3 is 0 Å². The first kappa shape index (κ1) is 14.8. The van der Waals surface area contributed by atoms with Crippen LogP contribution >= 0.6 is 23.1 Å². The van der Waals surface area contributed by atoms with Crippen LogP contribution in [0.3, 0.4) is 0 Å². The summed E-state index contributed by atoms with van der Waals surface area (Å²) in [6.07, 6.45) is 2.14. The first-order valence-electron chi connectivity index (χ1n) is 5.87. The van der Waals surface area contributed by atoms with Gasteiger partial charge in [0.2, 0.25) is 0 Å². The quantitative estimate of drug-likeness (QED) is 0.862. The van der Waals surface area contributed by atoms with Gasteiger partial charge in [-0.1, -0.05) is 0 Å². The van der Waals surface area contributed by atoms with Crippen LogP contribution < -0.4 is 10.2 Å². The predicted octanol–water partition coefficient (Wildman–Crippen LogP) is 2.92. The number of aromatic nitrogens is 1. The van der Waals surface area contributed by atoms with Crippen LogP contribution in [0.25, 0.3) is 0 Å². The normalized spacial score (nSPS) is 14.7. The summed E-state index contributed by atoms with van der Waals surface area (Å²) in [6.45, 7) is 6.51. The fourth-order valence-electron chi connectivity index (χ4n) is 1.62. The van der Waals surface area contributed by atoms with Gasteiger partial charge in [-0.3, -0.25) is 0 Å². The standard InChI is InChI=1S/C12H23N3S2/c1-8(7-16-6)15(5)12-14-10(3)11(17-12)9(2)13-4/h8-9,13H,7H2,1-6H3. The number of thioether (sulfide) groups is 1. The molecular weight excluding hydrogens is 250 g/mol. The van der Waals surface area contributed by atoms with E-state index in [0.29, 0.717) is 12.1 Å². The van der Waals surface area contributed by atoms with Crippen molar-refractivity contribution in [2.75, 3.05) is 31.0 Å². The van der Waals surface area contributed by atoms with Crippen molar-refractivity contribution in [1.82, 2.24) is 10.3 Å². The maximum Gasteiger partial charge on any atom is 0.185 e. The summed E-state index contributed by atoms with van der Waals surface area (Å²) in [6, 6.07) is 0.902. The second-order valence-corrected chi connectivity index (χ2v) is 6.29. The summed E-state index contributed by atoms with van der Waals surface area (Å²) in [7, 11) is 4.12. The highest BCUT2D eigenvalue weighted by Crippen LogP contribution is 2.31. The molecule has 1 heterocycles. The monoisotopic (exact) mass is 273 g/mol. The average Bonchev–Trinajstić information content (AvgIpc) is 2.69. The van der Waals surface area contributed by atoms with Crippen LogP contribution in [-0.2, 0) is 0 Å². The molecular formula is C12H23N3S2. The van der Waals surface area contributed by atoms with Gasteiger partial charge in [0.05, 0.1) is 5.69 Å². The minimum absolute atomic E-state index is 0.380. The molecule has 0 aliphatic carbocycles. The maximum absolute atomic E-state index is 4.68. The van der Waals surface area contributed by atoms with Gasteiger partial charge in [0.1, 0.15) is 0 Å². The van der Waals surface area contributed by atoms with E-state index in [1.54, 1.807) is 11.3 Å². The van der Waals surface area contributed by atoms with E-state index in [1.807, 2.05) is 18.8 Å². The number of nitrogens with one attached hydrogen (secondary N) is 1. The van der Waals surface area contributed by atoms with E-state index in [1.165, 1.54) is 4.88 Å². The maximum atomic E-state index is 4.68. The van der Waals surface area contributed by atoms with Crippen molar-refractivity contribution >= 4 is 28.2 Å². The Hall–Kier alpha value is -0.260. The molecule has 0 aliphatic heterocycles. The fourth-order valence-corrected chi connectivity index (χ4v) is 3.52. The van der Waals surface area contributed by atoms with Gasteiger partial charge in [0.15, 0.2) is 5.13 Å². The molecule has 1 rings (SSSR count). The highest BCUT2D eigenvalue weighted by molar-refractivity contribution is 7.98. The summed E-state index contributed by atoms with van der Waals surface area (Å²) >= 11 is 3.67. The van der Waals surface area contributed by atoms with E-state index in [4.69, 9.17) is 0 Å². The zero-order valence-electron chi connectivity index (χ0n) is 11.6. The summed E-state index contributed by atoms with van der Waals surface area (Å²) in [5.74, 6) is 1.13. The number of rotatable bonds is 6. The lowest BCUT2D eigenvalue weighted by molar-refractivity contribution is 0.658. The summed E-state index contributed by atoms with van der Waals surface area (Å²) in [4.78, 5) is 8.29. The Kier molecular flexibility index (Phi) is 5.76. The predicted molar refractivity (Wildman–Crippen MR) is 80.6 cm³/mol. The second-order valence-electron chi connectivity index (χ2n) is 4.37. The Bertz CT molecular complexity index is 352. The van der Waals surface area contributed by atoms with Gasteiger partial charge in [0, 0.05) is 29.8 Å². The zero-order valence-corrected chi connectivity index (χ0v) is 13.2. The van der Waals surface area contributed by atoms with Crippen molar-refractivity contribution in [1.29, 1.82) is 0 Å². The van der Waals surface area contributed by atoms with Crippen LogP contribution in [0.1, 0.15) is 30.5 Å². The van der Waals surface area contributed by atoms with Crippen molar-refractivity contribution in [3.8, 4) is 0 Å². The van der Waals surface area contributed by atoms with Crippen molar-refractivity contribution in [2.24, 2.45) is 0 Å². The molecule has 17 heavy (non-hydrogen) atoms. The summed E-state index contributed by atoms with van der Waals surface area (Å²) in [5.41, 5.74) is 1.15. The molecule has 0 saturated heterocycles. The van der Waals surface area contributed by atoms with Crippen molar-refractivity contribution in [2.45, 2.75) is 32.9 Å². The van der Waals surface area contributed by atoms with Crippen LogP contribution in [0.4, 0.5) is 5.13 Å². The number of thiazole rings is 1. The van der Waals surface area contributed by atoms with Crippen molar-refractivity contribution < 1.29 is 0 Å². The van der Waals surface area contributed by atoms with E-state index >= 15 is 0 Å². The van der Waals surface area contributed by atoms with Gasteiger partial charge in [-0.15, -0.1) is 11.3 Å². The molecule has 0 aliphatic rings. The molecule has 0 radical (unpaired) electrons. The third kappa shape index (κ3) is 3.60. The first-order chi connectivity index (χ1) is 8.01. The Morgan fingerprint density at radius 1 is 1.47 bits per heavy atom. The largest absolute Gasteiger partial charge is 0.348 e. The lowest BCUT2D eigenvalue weighted by Crippen LogP contribution is -2.30. The molecule has 98 valence electrons. The first-order valence-corrected chi connectivity index (χ1v) is 8.08. The topological polar surface area (TPSA) is 28.2 Å². The van der Waals surface area contributed by atoms with Gasteiger partial charge < -0.3 is 10.2 Å². The van der Waals surface area contributed by atoms with Crippen LogP contribution in [0.15, 0.2) is 0 Å². The molecule has 0 saturated carbocycles. The molecule has 0 spiro atoms. The molecule has 1 N–H and O–H groups in total. The van der Waals surface area contributed by atoms with Gasteiger partial charge in [-0.05, 0) is 34.1 Å². The second kappa shape index (κ2) is 6.61. The molecule has 0 amide bonds. The third-order valence-electron chi connectivity index (χ3n) is 3.02. The lowest BCUT2D eigenvalue weighted by Gasteiger charge is -2.23. The van der Waals surface area contributed by atoms with E-state index < -0.39 is 0 Å². The summed E-state index contributed by atoms with van der Waals surface area (Å²) in [5, 5.41) is 4.40. The van der Waals surface area contributed by atoms with Crippen molar-refractivity contribution in [3.05, 3.63) is 10.6 Å². The lowest BCUT2D eigenvalue weighted by atomic mass is 10.2. The third-order valence-corrected chi connectivity index (χ3v) is 5.26. The van der Waals surface area contributed by atoms with Crippen LogP contribution in [0, 0.1) is 6.92 Å². The number of aryl methyl sites for hydroxylation is 1. The smallest absolute Gasteiger partial charge is 0.185 e. The average molecular weight is 273 g/mol. The molecule has 2 atom stereocenters. The van der Waals surface area contributed by atoms with E-state index in [9.17, 15) is 0 Å².